The molecule has 0 aromatic heterocycles. The molecule has 0 heterocycles. The van der Waals surface area contributed by atoms with Crippen LogP contribution in [0.15, 0.2) is 30.3 Å². The second kappa shape index (κ2) is 4.62. The van der Waals surface area contributed by atoms with Gasteiger partial charge in [0.15, 0.2) is 0 Å². The summed E-state index contributed by atoms with van der Waals surface area (Å²) in [5.74, 6) is -0.0708. The number of rotatable bonds is 3. The van der Waals surface area contributed by atoms with Gasteiger partial charge in [0.05, 0.1) is 0 Å². The molecular formula is C10H14N2O. The van der Waals surface area contributed by atoms with E-state index in [4.69, 9.17) is 5.73 Å². The third-order valence-electron chi connectivity index (χ3n) is 1.77. The fraction of sp³-hybridized carbons (Fsp3) is 0.300. The van der Waals surface area contributed by atoms with Gasteiger partial charge in [-0.1, -0.05) is 18.2 Å². The van der Waals surface area contributed by atoms with Gasteiger partial charge in [-0.3, -0.25) is 4.79 Å². The maximum Gasteiger partial charge on any atom is 0.251 e. The van der Waals surface area contributed by atoms with Gasteiger partial charge in [0.1, 0.15) is 0 Å². The van der Waals surface area contributed by atoms with Crippen molar-refractivity contribution in [2.24, 2.45) is 5.73 Å². The fourth-order valence-corrected chi connectivity index (χ4v) is 0.956. The van der Waals surface area contributed by atoms with E-state index in [0.29, 0.717) is 12.1 Å². The molecule has 3 heteroatoms. The lowest BCUT2D eigenvalue weighted by Gasteiger charge is -2.10. The van der Waals surface area contributed by atoms with E-state index in [-0.39, 0.29) is 11.9 Å². The average Bonchev–Trinajstić information content (AvgIpc) is 2.19. The molecular weight excluding hydrogens is 164 g/mol. The molecule has 3 nitrogen and oxygen atoms in total. The van der Waals surface area contributed by atoms with Crippen LogP contribution in [0.1, 0.15) is 17.3 Å². The zero-order chi connectivity index (χ0) is 9.68. The molecule has 0 aliphatic heterocycles. The minimum atomic E-state index is -0.0708. The molecule has 3 N–H and O–H groups in total. The molecule has 0 bridgehead atoms. The van der Waals surface area contributed by atoms with Gasteiger partial charge in [-0.25, -0.2) is 0 Å². The molecule has 13 heavy (non-hydrogen) atoms. The molecule has 1 aromatic carbocycles. The van der Waals surface area contributed by atoms with E-state index in [1.165, 1.54) is 0 Å². The van der Waals surface area contributed by atoms with Gasteiger partial charge in [-0.15, -0.1) is 0 Å². The van der Waals surface area contributed by atoms with Crippen molar-refractivity contribution < 1.29 is 4.79 Å². The highest BCUT2D eigenvalue weighted by Crippen LogP contribution is 1.98. The Morgan fingerprint density at radius 1 is 1.46 bits per heavy atom. The number of benzene rings is 1. The Morgan fingerprint density at radius 2 is 2.08 bits per heavy atom. The van der Waals surface area contributed by atoms with Crippen molar-refractivity contribution in [3.8, 4) is 0 Å². The van der Waals surface area contributed by atoms with Crippen LogP contribution in [0.4, 0.5) is 0 Å². The first-order valence-electron chi connectivity index (χ1n) is 4.30. The number of hydrogen-bond acceptors (Lipinski definition) is 2. The van der Waals surface area contributed by atoms with Crippen LogP contribution in [0, 0.1) is 0 Å². The summed E-state index contributed by atoms with van der Waals surface area (Å²) < 4.78 is 0. The van der Waals surface area contributed by atoms with Crippen LogP contribution in [-0.4, -0.2) is 18.5 Å². The van der Waals surface area contributed by atoms with Gasteiger partial charge in [0.25, 0.3) is 5.91 Å². The predicted molar refractivity (Wildman–Crippen MR) is 52.4 cm³/mol. The summed E-state index contributed by atoms with van der Waals surface area (Å²) in [5, 5.41) is 2.78. The minimum Gasteiger partial charge on any atom is -0.348 e. The van der Waals surface area contributed by atoms with Gasteiger partial charge in [0.2, 0.25) is 0 Å². The maximum absolute atomic E-state index is 11.4. The minimum absolute atomic E-state index is 0.0210. The van der Waals surface area contributed by atoms with Gasteiger partial charge >= 0.3 is 0 Å². The summed E-state index contributed by atoms with van der Waals surface area (Å²) in [6.07, 6.45) is 0. The zero-order valence-electron chi connectivity index (χ0n) is 7.66. The lowest BCUT2D eigenvalue weighted by Crippen LogP contribution is -2.37. The van der Waals surface area contributed by atoms with Crippen molar-refractivity contribution in [2.75, 3.05) is 6.54 Å². The Bertz CT molecular complexity index is 272. The van der Waals surface area contributed by atoms with Crippen LogP contribution < -0.4 is 11.1 Å². The molecule has 1 amide bonds. The van der Waals surface area contributed by atoms with Crippen molar-refractivity contribution in [1.82, 2.24) is 5.32 Å². The number of carbonyl (C=O) groups excluding carboxylic acids is 1. The smallest absolute Gasteiger partial charge is 0.251 e. The molecule has 70 valence electrons. The van der Waals surface area contributed by atoms with Gasteiger partial charge < -0.3 is 11.1 Å². The number of hydrogen-bond donors (Lipinski definition) is 2. The largest absolute Gasteiger partial charge is 0.348 e. The van der Waals surface area contributed by atoms with E-state index < -0.39 is 0 Å². The van der Waals surface area contributed by atoms with Crippen LogP contribution in [0.25, 0.3) is 0 Å². The fourth-order valence-electron chi connectivity index (χ4n) is 0.956. The van der Waals surface area contributed by atoms with Crippen molar-refractivity contribution in [3.05, 3.63) is 35.9 Å². The summed E-state index contributed by atoms with van der Waals surface area (Å²) in [6, 6.07) is 9.12. The van der Waals surface area contributed by atoms with Crippen LogP contribution in [0.3, 0.4) is 0 Å². The summed E-state index contributed by atoms with van der Waals surface area (Å²) in [7, 11) is 0. The third kappa shape index (κ3) is 2.87. The Kier molecular flexibility index (Phi) is 3.46. The van der Waals surface area contributed by atoms with Crippen LogP contribution >= 0.6 is 0 Å². The number of nitrogens with one attached hydrogen (secondary N) is 1. The molecule has 0 saturated carbocycles. The Morgan fingerprint density at radius 3 is 2.62 bits per heavy atom. The monoisotopic (exact) mass is 178 g/mol. The van der Waals surface area contributed by atoms with Crippen molar-refractivity contribution in [2.45, 2.75) is 13.0 Å². The van der Waals surface area contributed by atoms with E-state index in [1.54, 1.807) is 12.1 Å². The van der Waals surface area contributed by atoms with E-state index in [9.17, 15) is 4.79 Å². The second-order valence-electron chi connectivity index (χ2n) is 2.98. The van der Waals surface area contributed by atoms with Crippen LogP contribution in [0.5, 0.6) is 0 Å². The number of amides is 1. The molecule has 1 aromatic rings. The molecule has 1 atom stereocenters. The summed E-state index contributed by atoms with van der Waals surface area (Å²) in [5.41, 5.74) is 6.05. The van der Waals surface area contributed by atoms with E-state index >= 15 is 0 Å². The van der Waals surface area contributed by atoms with Gasteiger partial charge in [0, 0.05) is 18.2 Å². The Balaban J connectivity index is 2.59. The number of carbonyl (C=O) groups is 1. The van der Waals surface area contributed by atoms with E-state index in [1.807, 2.05) is 25.1 Å². The topological polar surface area (TPSA) is 55.1 Å². The quantitative estimate of drug-likeness (QED) is 0.718. The molecule has 1 unspecified atom stereocenters. The maximum atomic E-state index is 11.4. The third-order valence-corrected chi connectivity index (χ3v) is 1.77. The van der Waals surface area contributed by atoms with Crippen LogP contribution in [-0.2, 0) is 0 Å². The lowest BCUT2D eigenvalue weighted by molar-refractivity contribution is 0.0941. The first-order valence-corrected chi connectivity index (χ1v) is 4.30. The standard InChI is InChI=1S/C10H14N2O/c1-8(7-11)12-10(13)9-5-3-2-4-6-9/h2-6,8H,7,11H2,1H3,(H,12,13). The molecule has 0 radical (unpaired) electrons. The number of nitrogens with two attached hydrogens (primary N) is 1. The molecule has 0 aliphatic rings. The lowest BCUT2D eigenvalue weighted by atomic mass is 10.2. The SMILES string of the molecule is CC(CN)NC(=O)c1ccccc1. The van der Waals surface area contributed by atoms with Gasteiger partial charge in [-0.2, -0.15) is 0 Å². The zero-order valence-corrected chi connectivity index (χ0v) is 7.66. The Hall–Kier alpha value is -1.35. The van der Waals surface area contributed by atoms with Crippen molar-refractivity contribution in [3.63, 3.8) is 0 Å². The first kappa shape index (κ1) is 9.74. The average molecular weight is 178 g/mol. The second-order valence-corrected chi connectivity index (χ2v) is 2.98. The summed E-state index contributed by atoms with van der Waals surface area (Å²) in [6.45, 7) is 2.33. The predicted octanol–water partition coefficient (Wildman–Crippen LogP) is 0.764. The first-order chi connectivity index (χ1) is 6.24. The highest BCUT2D eigenvalue weighted by atomic mass is 16.1. The van der Waals surface area contributed by atoms with Crippen molar-refractivity contribution >= 4 is 5.91 Å². The van der Waals surface area contributed by atoms with Crippen LogP contribution in [0.2, 0.25) is 0 Å². The highest BCUT2D eigenvalue weighted by Gasteiger charge is 2.06. The van der Waals surface area contributed by atoms with Gasteiger partial charge in [-0.05, 0) is 19.1 Å². The molecule has 0 fully saturated rings. The normalized spacial score (nSPS) is 12.2. The molecule has 0 aliphatic carbocycles. The Labute approximate surface area is 77.9 Å². The van der Waals surface area contributed by atoms with E-state index in [0.717, 1.165) is 0 Å². The summed E-state index contributed by atoms with van der Waals surface area (Å²) in [4.78, 5) is 11.4. The molecule has 0 saturated heterocycles. The molecule has 0 spiro atoms. The molecule has 1 rings (SSSR count). The van der Waals surface area contributed by atoms with E-state index in [2.05, 4.69) is 5.32 Å². The van der Waals surface area contributed by atoms with Crippen molar-refractivity contribution in [1.29, 1.82) is 0 Å². The summed E-state index contributed by atoms with van der Waals surface area (Å²) >= 11 is 0. The highest BCUT2D eigenvalue weighted by molar-refractivity contribution is 5.94.